The molecular formula is C16H23N. The summed E-state index contributed by atoms with van der Waals surface area (Å²) in [6.45, 7) is 10.3. The van der Waals surface area contributed by atoms with E-state index in [-0.39, 0.29) is 11.1 Å². The van der Waals surface area contributed by atoms with Crippen molar-refractivity contribution in [2.45, 2.75) is 51.7 Å². The summed E-state index contributed by atoms with van der Waals surface area (Å²) in [5.41, 5.74) is 1.76. The molecule has 0 aromatic heterocycles. The molecule has 0 aliphatic carbocycles. The van der Waals surface area contributed by atoms with Crippen LogP contribution in [-0.4, -0.2) is 16.0 Å². The quantitative estimate of drug-likeness (QED) is 0.693. The summed E-state index contributed by atoms with van der Waals surface area (Å²) in [4.78, 5) is 2.59. The summed E-state index contributed by atoms with van der Waals surface area (Å²) in [5.74, 6) is 0. The Hall–Kier alpha value is -1.08. The average molecular weight is 229 g/mol. The normalized spacial score (nSPS) is 22.6. The van der Waals surface area contributed by atoms with Crippen LogP contribution in [-0.2, 0) is 6.54 Å². The van der Waals surface area contributed by atoms with Gasteiger partial charge < -0.3 is 0 Å². The lowest BCUT2D eigenvalue weighted by Gasteiger charge is -2.50. The van der Waals surface area contributed by atoms with Crippen molar-refractivity contribution >= 4 is 0 Å². The highest BCUT2D eigenvalue weighted by molar-refractivity contribution is 5.19. The predicted octanol–water partition coefficient (Wildman–Crippen LogP) is 4.01. The second-order valence-electron chi connectivity index (χ2n) is 6.14. The molecule has 0 saturated carbocycles. The van der Waals surface area contributed by atoms with Crippen LogP contribution in [0.4, 0.5) is 0 Å². The van der Waals surface area contributed by atoms with Gasteiger partial charge in [0.1, 0.15) is 0 Å². The van der Waals surface area contributed by atoms with Crippen molar-refractivity contribution in [1.82, 2.24) is 4.90 Å². The lowest BCUT2D eigenvalue weighted by Crippen LogP contribution is -2.55. The Bertz CT molecular complexity index is 401. The van der Waals surface area contributed by atoms with Gasteiger partial charge in [0.25, 0.3) is 0 Å². The van der Waals surface area contributed by atoms with Gasteiger partial charge in [0.15, 0.2) is 0 Å². The van der Waals surface area contributed by atoms with Gasteiger partial charge in [-0.2, -0.15) is 0 Å². The molecule has 1 aromatic carbocycles. The smallest absolute Gasteiger partial charge is 0.0343 e. The molecule has 0 N–H and O–H groups in total. The summed E-state index contributed by atoms with van der Waals surface area (Å²) in [6, 6.07) is 10.7. The number of hydrogen-bond acceptors (Lipinski definition) is 1. The van der Waals surface area contributed by atoms with Gasteiger partial charge in [0.05, 0.1) is 0 Å². The van der Waals surface area contributed by atoms with Gasteiger partial charge in [-0.3, -0.25) is 4.90 Å². The van der Waals surface area contributed by atoms with Crippen molar-refractivity contribution in [2.24, 2.45) is 0 Å². The molecule has 0 saturated heterocycles. The largest absolute Gasteiger partial charge is 0.285 e. The third-order valence-electron chi connectivity index (χ3n) is 3.75. The highest BCUT2D eigenvalue weighted by Gasteiger charge is 2.38. The first-order valence-corrected chi connectivity index (χ1v) is 6.41. The first kappa shape index (κ1) is 12.4. The Labute approximate surface area is 105 Å². The maximum atomic E-state index is 2.59. The lowest BCUT2D eigenvalue weighted by molar-refractivity contribution is 0.0269. The Morgan fingerprint density at radius 2 is 1.71 bits per heavy atom. The Morgan fingerprint density at radius 3 is 2.29 bits per heavy atom. The van der Waals surface area contributed by atoms with E-state index in [4.69, 9.17) is 0 Å². The fourth-order valence-electron chi connectivity index (χ4n) is 2.80. The molecule has 0 amide bonds. The summed E-state index contributed by atoms with van der Waals surface area (Å²) in [5, 5.41) is 0. The maximum Gasteiger partial charge on any atom is 0.0343 e. The zero-order chi connectivity index (χ0) is 12.5. The molecule has 1 nitrogen and oxygen atoms in total. The van der Waals surface area contributed by atoms with E-state index in [9.17, 15) is 0 Å². The molecule has 1 heteroatoms. The molecule has 0 unspecified atom stereocenters. The van der Waals surface area contributed by atoms with Gasteiger partial charge in [0, 0.05) is 17.6 Å². The van der Waals surface area contributed by atoms with Crippen LogP contribution in [0.5, 0.6) is 0 Å². The summed E-state index contributed by atoms with van der Waals surface area (Å²) >= 11 is 0. The molecule has 92 valence electrons. The summed E-state index contributed by atoms with van der Waals surface area (Å²) in [7, 11) is 0. The maximum absolute atomic E-state index is 2.59. The zero-order valence-corrected chi connectivity index (χ0v) is 11.4. The van der Waals surface area contributed by atoms with E-state index in [1.54, 1.807) is 0 Å². The summed E-state index contributed by atoms with van der Waals surface area (Å²) < 4.78 is 0. The minimum Gasteiger partial charge on any atom is -0.285 e. The van der Waals surface area contributed by atoms with E-state index in [1.807, 2.05) is 0 Å². The van der Waals surface area contributed by atoms with Gasteiger partial charge in [-0.25, -0.2) is 0 Å². The highest BCUT2D eigenvalue weighted by Crippen LogP contribution is 2.35. The standard InChI is InChI=1S/C16H23N/c1-15(2)11-8-12-16(3,4)17(15)13-14-9-6-5-7-10-14/h5-11H,12-13H2,1-4H3. The molecule has 0 fully saturated rings. The van der Waals surface area contributed by atoms with E-state index in [0.29, 0.717) is 0 Å². The molecule has 0 bridgehead atoms. The van der Waals surface area contributed by atoms with Crippen LogP contribution in [0.3, 0.4) is 0 Å². The minimum absolute atomic E-state index is 0.136. The fraction of sp³-hybridized carbons (Fsp3) is 0.500. The molecule has 0 radical (unpaired) electrons. The van der Waals surface area contributed by atoms with Gasteiger partial charge in [-0.05, 0) is 39.7 Å². The average Bonchev–Trinajstić information content (AvgIpc) is 2.25. The van der Waals surface area contributed by atoms with Crippen LogP contribution in [0.15, 0.2) is 42.5 Å². The number of rotatable bonds is 2. The molecule has 2 rings (SSSR count). The van der Waals surface area contributed by atoms with E-state index < -0.39 is 0 Å². The highest BCUT2D eigenvalue weighted by atomic mass is 15.2. The zero-order valence-electron chi connectivity index (χ0n) is 11.4. The molecule has 0 spiro atoms. The van der Waals surface area contributed by atoms with Crippen LogP contribution in [0.25, 0.3) is 0 Å². The SMILES string of the molecule is CC1(C)C=CCC(C)(C)N1Cc1ccccc1. The van der Waals surface area contributed by atoms with Crippen LogP contribution < -0.4 is 0 Å². The second-order valence-corrected chi connectivity index (χ2v) is 6.14. The fourth-order valence-corrected chi connectivity index (χ4v) is 2.80. The topological polar surface area (TPSA) is 3.24 Å². The monoisotopic (exact) mass is 229 g/mol. The molecular weight excluding hydrogens is 206 g/mol. The van der Waals surface area contributed by atoms with Crippen LogP contribution in [0.1, 0.15) is 39.7 Å². The van der Waals surface area contributed by atoms with Crippen molar-refractivity contribution < 1.29 is 0 Å². The Balaban J connectivity index is 2.26. The van der Waals surface area contributed by atoms with E-state index in [2.05, 4.69) is 75.1 Å². The van der Waals surface area contributed by atoms with Gasteiger partial charge >= 0.3 is 0 Å². The number of nitrogens with zero attached hydrogens (tertiary/aromatic N) is 1. The molecule has 17 heavy (non-hydrogen) atoms. The molecule has 1 aliphatic heterocycles. The molecule has 1 heterocycles. The third-order valence-corrected chi connectivity index (χ3v) is 3.75. The second kappa shape index (κ2) is 4.30. The first-order chi connectivity index (χ1) is 7.92. The van der Waals surface area contributed by atoms with E-state index in [1.165, 1.54) is 5.56 Å². The van der Waals surface area contributed by atoms with E-state index in [0.717, 1.165) is 13.0 Å². The van der Waals surface area contributed by atoms with Gasteiger partial charge in [-0.15, -0.1) is 0 Å². The van der Waals surface area contributed by atoms with Crippen LogP contribution >= 0.6 is 0 Å². The van der Waals surface area contributed by atoms with Gasteiger partial charge in [0.2, 0.25) is 0 Å². The van der Waals surface area contributed by atoms with Crippen molar-refractivity contribution in [2.75, 3.05) is 0 Å². The minimum atomic E-state index is 0.136. The molecule has 1 aromatic rings. The van der Waals surface area contributed by atoms with Crippen molar-refractivity contribution in [3.8, 4) is 0 Å². The lowest BCUT2D eigenvalue weighted by atomic mass is 9.84. The van der Waals surface area contributed by atoms with Crippen molar-refractivity contribution in [3.63, 3.8) is 0 Å². The Kier molecular flexibility index (Phi) is 3.13. The number of benzene rings is 1. The van der Waals surface area contributed by atoms with Crippen molar-refractivity contribution in [3.05, 3.63) is 48.0 Å². The third kappa shape index (κ3) is 2.61. The van der Waals surface area contributed by atoms with Crippen LogP contribution in [0, 0.1) is 0 Å². The molecule has 1 aliphatic rings. The van der Waals surface area contributed by atoms with E-state index >= 15 is 0 Å². The molecule has 0 atom stereocenters. The number of hydrogen-bond donors (Lipinski definition) is 0. The predicted molar refractivity (Wildman–Crippen MR) is 73.9 cm³/mol. The van der Waals surface area contributed by atoms with Crippen LogP contribution in [0.2, 0.25) is 0 Å². The summed E-state index contributed by atoms with van der Waals surface area (Å²) in [6.07, 6.45) is 5.78. The van der Waals surface area contributed by atoms with Crippen molar-refractivity contribution in [1.29, 1.82) is 0 Å². The Morgan fingerprint density at radius 1 is 1.06 bits per heavy atom. The first-order valence-electron chi connectivity index (χ1n) is 6.41. The van der Waals surface area contributed by atoms with Gasteiger partial charge in [-0.1, -0.05) is 42.5 Å².